The number of amides is 1. The quantitative estimate of drug-likeness (QED) is 0.416. The molecule has 0 spiro atoms. The number of nitrogens with zero attached hydrogens (tertiary/aromatic N) is 2. The van der Waals surface area contributed by atoms with E-state index in [-0.39, 0.29) is 11.8 Å². The highest BCUT2D eigenvalue weighted by atomic mass is 32.1. The first-order chi connectivity index (χ1) is 15.1. The van der Waals surface area contributed by atoms with Gasteiger partial charge in [0, 0.05) is 17.4 Å². The second-order valence-corrected chi connectivity index (χ2v) is 8.07. The minimum absolute atomic E-state index is 0.0979. The Morgan fingerprint density at radius 3 is 2.81 bits per heavy atom. The predicted molar refractivity (Wildman–Crippen MR) is 115 cm³/mol. The molecule has 0 saturated carbocycles. The van der Waals surface area contributed by atoms with Crippen molar-refractivity contribution >= 4 is 39.9 Å². The van der Waals surface area contributed by atoms with Gasteiger partial charge in [-0.3, -0.25) is 4.79 Å². The maximum Gasteiger partial charge on any atom is 0.375 e. The number of fused-ring (bicyclic) bond motifs is 1. The standard InChI is InChI=1S/C23H18N2O5S/c1-14-15-6-2-3-7-18(15)30-22(14)23(27)29-13-21(26)25-17(19-8-4-10-28-19)12-16(24-25)20-9-5-11-31-20/h2-11,17H,12-13H2,1H3. The topological polar surface area (TPSA) is 85.3 Å². The van der Waals surface area contributed by atoms with E-state index in [1.165, 1.54) is 5.01 Å². The number of benzene rings is 1. The van der Waals surface area contributed by atoms with Crippen LogP contribution in [-0.4, -0.2) is 29.2 Å². The highest BCUT2D eigenvalue weighted by Crippen LogP contribution is 2.34. The Balaban J connectivity index is 1.34. The van der Waals surface area contributed by atoms with Crippen LogP contribution in [0, 0.1) is 6.92 Å². The van der Waals surface area contributed by atoms with E-state index in [0.29, 0.717) is 23.3 Å². The molecule has 1 aromatic carbocycles. The van der Waals surface area contributed by atoms with Crippen LogP contribution in [0.2, 0.25) is 0 Å². The monoisotopic (exact) mass is 434 g/mol. The van der Waals surface area contributed by atoms with Gasteiger partial charge in [-0.25, -0.2) is 9.80 Å². The van der Waals surface area contributed by atoms with Crippen molar-refractivity contribution in [2.75, 3.05) is 6.61 Å². The van der Waals surface area contributed by atoms with Gasteiger partial charge in [-0.15, -0.1) is 11.3 Å². The number of carbonyl (C=O) groups is 2. The van der Waals surface area contributed by atoms with Crippen molar-refractivity contribution in [3.05, 3.63) is 82.1 Å². The van der Waals surface area contributed by atoms with Crippen molar-refractivity contribution in [1.29, 1.82) is 0 Å². The third kappa shape index (κ3) is 3.55. The van der Waals surface area contributed by atoms with Crippen molar-refractivity contribution < 1.29 is 23.2 Å². The zero-order valence-electron chi connectivity index (χ0n) is 16.6. The molecule has 0 radical (unpaired) electrons. The molecule has 8 heteroatoms. The molecule has 7 nitrogen and oxygen atoms in total. The Hall–Kier alpha value is -3.65. The number of hydrogen-bond donors (Lipinski definition) is 0. The summed E-state index contributed by atoms with van der Waals surface area (Å²) in [5, 5.41) is 8.64. The van der Waals surface area contributed by atoms with Gasteiger partial charge in [-0.2, -0.15) is 5.10 Å². The Kier molecular flexibility index (Phi) is 4.91. The first-order valence-electron chi connectivity index (χ1n) is 9.74. The van der Waals surface area contributed by atoms with Crippen molar-refractivity contribution in [2.45, 2.75) is 19.4 Å². The molecule has 1 aliphatic rings. The van der Waals surface area contributed by atoms with Gasteiger partial charge in [-0.1, -0.05) is 24.3 Å². The van der Waals surface area contributed by atoms with E-state index in [2.05, 4.69) is 5.10 Å². The van der Waals surface area contributed by atoms with E-state index in [0.717, 1.165) is 16.0 Å². The molecule has 4 aromatic rings. The molecule has 0 bridgehead atoms. The molecule has 5 rings (SSSR count). The lowest BCUT2D eigenvalue weighted by molar-refractivity contribution is -0.136. The van der Waals surface area contributed by atoms with Crippen LogP contribution in [0.5, 0.6) is 0 Å². The van der Waals surface area contributed by atoms with Crippen LogP contribution in [-0.2, 0) is 9.53 Å². The molecule has 0 aliphatic carbocycles. The highest BCUT2D eigenvalue weighted by molar-refractivity contribution is 7.12. The average Bonchev–Trinajstić information content (AvgIpc) is 3.58. The molecule has 31 heavy (non-hydrogen) atoms. The third-order valence-corrected chi connectivity index (χ3v) is 6.12. The van der Waals surface area contributed by atoms with E-state index in [4.69, 9.17) is 13.6 Å². The minimum Gasteiger partial charge on any atom is -0.467 e. The number of hydrogen-bond acceptors (Lipinski definition) is 7. The second kappa shape index (κ2) is 7.88. The molecular weight excluding hydrogens is 416 g/mol. The average molecular weight is 434 g/mol. The molecular formula is C23H18N2O5S. The molecule has 1 unspecified atom stereocenters. The summed E-state index contributed by atoms with van der Waals surface area (Å²) in [6, 6.07) is 14.4. The van der Waals surface area contributed by atoms with Crippen molar-refractivity contribution in [2.24, 2.45) is 5.10 Å². The van der Waals surface area contributed by atoms with Gasteiger partial charge in [0.25, 0.3) is 5.91 Å². The lowest BCUT2D eigenvalue weighted by atomic mass is 10.1. The Bertz CT molecular complexity index is 1270. The third-order valence-electron chi connectivity index (χ3n) is 5.20. The van der Waals surface area contributed by atoms with Crippen LogP contribution in [0.15, 0.2) is 74.1 Å². The number of thiophene rings is 1. The lowest BCUT2D eigenvalue weighted by Gasteiger charge is -2.19. The zero-order chi connectivity index (χ0) is 21.4. The summed E-state index contributed by atoms with van der Waals surface area (Å²) < 4.78 is 16.4. The maximum absolute atomic E-state index is 12.9. The lowest BCUT2D eigenvalue weighted by Crippen LogP contribution is -2.31. The van der Waals surface area contributed by atoms with Gasteiger partial charge < -0.3 is 13.6 Å². The Morgan fingerprint density at radius 1 is 1.19 bits per heavy atom. The molecule has 1 atom stereocenters. The number of furan rings is 2. The van der Waals surface area contributed by atoms with Crippen LogP contribution in [0.4, 0.5) is 0 Å². The highest BCUT2D eigenvalue weighted by Gasteiger charge is 2.35. The van der Waals surface area contributed by atoms with Crippen LogP contribution < -0.4 is 0 Å². The fourth-order valence-electron chi connectivity index (χ4n) is 3.66. The van der Waals surface area contributed by atoms with Gasteiger partial charge >= 0.3 is 5.97 Å². The summed E-state index contributed by atoms with van der Waals surface area (Å²) in [4.78, 5) is 26.5. The summed E-state index contributed by atoms with van der Waals surface area (Å²) in [6.45, 7) is 1.34. The van der Waals surface area contributed by atoms with E-state index in [1.807, 2.05) is 41.8 Å². The molecule has 0 saturated heterocycles. The second-order valence-electron chi connectivity index (χ2n) is 7.13. The smallest absolute Gasteiger partial charge is 0.375 e. The van der Waals surface area contributed by atoms with Gasteiger partial charge in [0.1, 0.15) is 17.4 Å². The fourth-order valence-corrected chi connectivity index (χ4v) is 4.38. The zero-order valence-corrected chi connectivity index (χ0v) is 17.4. The Labute approximate surface area is 181 Å². The molecule has 0 fully saturated rings. The Morgan fingerprint density at radius 2 is 2.06 bits per heavy atom. The molecule has 3 aromatic heterocycles. The normalized spacial score (nSPS) is 16.0. The SMILES string of the molecule is Cc1c(C(=O)OCC(=O)N2N=C(c3cccs3)CC2c2ccco2)oc2ccccc12. The number of esters is 1. The van der Waals surface area contributed by atoms with E-state index < -0.39 is 18.5 Å². The summed E-state index contributed by atoms with van der Waals surface area (Å²) in [5.74, 6) is -0.391. The van der Waals surface area contributed by atoms with Gasteiger partial charge in [0.2, 0.25) is 5.76 Å². The summed E-state index contributed by atoms with van der Waals surface area (Å²) in [7, 11) is 0. The number of para-hydroxylation sites is 1. The number of carbonyl (C=O) groups excluding carboxylic acids is 2. The van der Waals surface area contributed by atoms with Gasteiger partial charge in [0.15, 0.2) is 6.61 Å². The van der Waals surface area contributed by atoms with Crippen molar-refractivity contribution in [1.82, 2.24) is 5.01 Å². The van der Waals surface area contributed by atoms with Gasteiger partial charge in [-0.05, 0) is 36.6 Å². The molecule has 1 aliphatic heterocycles. The van der Waals surface area contributed by atoms with Crippen LogP contribution in [0.3, 0.4) is 0 Å². The molecule has 4 heterocycles. The van der Waals surface area contributed by atoms with E-state index in [1.54, 1.807) is 36.7 Å². The van der Waals surface area contributed by atoms with E-state index in [9.17, 15) is 9.59 Å². The molecule has 0 N–H and O–H groups in total. The fraction of sp³-hybridized carbons (Fsp3) is 0.174. The number of ether oxygens (including phenoxy) is 1. The molecule has 1 amide bonds. The van der Waals surface area contributed by atoms with Crippen molar-refractivity contribution in [3.63, 3.8) is 0 Å². The summed E-state index contributed by atoms with van der Waals surface area (Å²) in [5.41, 5.74) is 2.07. The van der Waals surface area contributed by atoms with Crippen molar-refractivity contribution in [3.8, 4) is 0 Å². The first kappa shape index (κ1) is 19.3. The van der Waals surface area contributed by atoms with Gasteiger partial charge in [0.05, 0.1) is 16.9 Å². The number of aryl methyl sites for hydroxylation is 1. The first-order valence-corrected chi connectivity index (χ1v) is 10.6. The minimum atomic E-state index is -0.682. The van der Waals surface area contributed by atoms with Crippen LogP contribution >= 0.6 is 11.3 Å². The van der Waals surface area contributed by atoms with E-state index >= 15 is 0 Å². The van der Waals surface area contributed by atoms with Crippen LogP contribution in [0.1, 0.15) is 39.2 Å². The maximum atomic E-state index is 12.9. The molecule has 156 valence electrons. The number of rotatable bonds is 5. The largest absolute Gasteiger partial charge is 0.467 e. The summed E-state index contributed by atoms with van der Waals surface area (Å²) in [6.07, 6.45) is 2.09. The predicted octanol–water partition coefficient (Wildman–Crippen LogP) is 4.93. The summed E-state index contributed by atoms with van der Waals surface area (Å²) >= 11 is 1.56. The van der Waals surface area contributed by atoms with Crippen LogP contribution in [0.25, 0.3) is 11.0 Å². The number of hydrazone groups is 1.